The number of halogens is 1. The van der Waals surface area contributed by atoms with Gasteiger partial charge in [-0.2, -0.15) is 10.2 Å². The van der Waals surface area contributed by atoms with Gasteiger partial charge in [0.25, 0.3) is 5.91 Å². The number of rotatable bonds is 5. The lowest BCUT2D eigenvalue weighted by Crippen LogP contribution is -2.42. The molecule has 5 heteroatoms. The first-order valence-corrected chi connectivity index (χ1v) is 10.8. The molecule has 30 heavy (non-hydrogen) atoms. The normalized spacial score (nSPS) is 13.0. The van der Waals surface area contributed by atoms with E-state index < -0.39 is 0 Å². The number of nitrogens with zero attached hydrogens (tertiary/aromatic N) is 2. The van der Waals surface area contributed by atoms with Crippen LogP contribution in [0.1, 0.15) is 63.4 Å². The molecule has 2 aromatic carbocycles. The molecule has 0 atom stereocenters. The summed E-state index contributed by atoms with van der Waals surface area (Å²) in [4.78, 5) is 12.5. The molecule has 1 aliphatic heterocycles. The second kappa shape index (κ2) is 10.5. The molecule has 1 aliphatic rings. The molecule has 2 aromatic rings. The highest BCUT2D eigenvalue weighted by molar-refractivity contribution is 6.30. The maximum Gasteiger partial charge on any atom is 0.251 e. The molecular formula is C25H32ClN3O. The van der Waals surface area contributed by atoms with E-state index in [0.717, 1.165) is 29.5 Å². The summed E-state index contributed by atoms with van der Waals surface area (Å²) in [6.07, 6.45) is 3.68. The third kappa shape index (κ3) is 7.10. The highest BCUT2D eigenvalue weighted by Crippen LogP contribution is 2.24. The lowest BCUT2D eigenvalue weighted by molar-refractivity contribution is 0.0911. The predicted octanol–water partition coefficient (Wildman–Crippen LogP) is 6.71. The zero-order chi connectivity index (χ0) is 22.3. The molecule has 3 rings (SSSR count). The van der Waals surface area contributed by atoms with E-state index in [2.05, 4.69) is 42.4 Å². The molecule has 0 saturated heterocycles. The van der Waals surface area contributed by atoms with Crippen LogP contribution >= 0.6 is 11.6 Å². The molecule has 4 nitrogen and oxygen atoms in total. The Morgan fingerprint density at radius 3 is 2.30 bits per heavy atom. The molecular weight excluding hydrogens is 394 g/mol. The Bertz CT molecular complexity index is 928. The Kier molecular flexibility index (Phi) is 8.36. The van der Waals surface area contributed by atoms with E-state index in [9.17, 15) is 4.79 Å². The van der Waals surface area contributed by atoms with Crippen molar-refractivity contribution in [2.75, 3.05) is 0 Å². The number of carbonyl (C=O) groups excluding carboxylic acids is 1. The molecule has 0 radical (unpaired) electrons. The van der Waals surface area contributed by atoms with Crippen LogP contribution in [0.5, 0.6) is 0 Å². The summed E-state index contributed by atoms with van der Waals surface area (Å²) in [6, 6.07) is 13.6. The van der Waals surface area contributed by atoms with Gasteiger partial charge in [-0.25, -0.2) is 0 Å². The van der Waals surface area contributed by atoms with Crippen molar-refractivity contribution in [1.29, 1.82) is 0 Å². The number of carbonyl (C=O) groups is 1. The van der Waals surface area contributed by atoms with Gasteiger partial charge in [-0.15, -0.1) is 0 Å². The van der Waals surface area contributed by atoms with Crippen LogP contribution in [0, 0.1) is 12.8 Å². The van der Waals surface area contributed by atoms with Gasteiger partial charge in [0.15, 0.2) is 0 Å². The number of amides is 1. The van der Waals surface area contributed by atoms with Crippen LogP contribution in [0.4, 0.5) is 0 Å². The molecule has 0 spiro atoms. The third-order valence-corrected chi connectivity index (χ3v) is 5.34. The molecule has 0 saturated carbocycles. The Morgan fingerprint density at radius 2 is 1.80 bits per heavy atom. The number of benzene rings is 2. The average Bonchev–Trinajstić information content (AvgIpc) is 3.23. The van der Waals surface area contributed by atoms with Crippen LogP contribution < -0.4 is 5.32 Å². The van der Waals surface area contributed by atoms with Gasteiger partial charge in [0.2, 0.25) is 0 Å². The van der Waals surface area contributed by atoms with Gasteiger partial charge in [0, 0.05) is 34.5 Å². The van der Waals surface area contributed by atoms with E-state index in [1.807, 2.05) is 63.4 Å². The van der Waals surface area contributed by atoms with Crippen molar-refractivity contribution in [3.05, 3.63) is 58.6 Å². The molecule has 0 aliphatic carbocycles. The third-order valence-electron chi connectivity index (χ3n) is 5.09. The van der Waals surface area contributed by atoms with E-state index in [1.54, 1.807) is 0 Å². The van der Waals surface area contributed by atoms with Crippen LogP contribution in [-0.2, 0) is 0 Å². The summed E-state index contributed by atoms with van der Waals surface area (Å²) < 4.78 is 0. The van der Waals surface area contributed by atoms with Crippen LogP contribution in [0.15, 0.2) is 52.7 Å². The van der Waals surface area contributed by atoms with Crippen LogP contribution in [0.3, 0.4) is 0 Å². The van der Waals surface area contributed by atoms with Gasteiger partial charge in [0.1, 0.15) is 0 Å². The summed E-state index contributed by atoms with van der Waals surface area (Å²) >= 11 is 5.94. The van der Waals surface area contributed by atoms with Gasteiger partial charge in [-0.05, 0) is 74.1 Å². The Hall–Kier alpha value is -2.46. The standard InChI is InChI=1S/C19H22ClNO.C6H10N2/c1-5-19(3,4)21-18(22)16-11-13(2)10-15(12-16)14-6-8-17(20)9-7-14;1-5(2)6-3-4-7-8-6/h6-12H,5H2,1-4H3,(H,21,22);4-5H,3H2,1-2H3. The number of hydrogen-bond acceptors (Lipinski definition) is 3. The van der Waals surface area contributed by atoms with E-state index in [4.69, 9.17) is 11.6 Å². The molecule has 0 aromatic heterocycles. The zero-order valence-corrected chi connectivity index (χ0v) is 19.5. The van der Waals surface area contributed by atoms with Crippen molar-refractivity contribution >= 4 is 29.4 Å². The summed E-state index contributed by atoms with van der Waals surface area (Å²) in [5, 5.41) is 11.5. The lowest BCUT2D eigenvalue weighted by atomic mass is 9.98. The molecule has 1 amide bonds. The van der Waals surface area contributed by atoms with Gasteiger partial charge in [-0.3, -0.25) is 4.79 Å². The Morgan fingerprint density at radius 1 is 1.13 bits per heavy atom. The number of hydrogen-bond donors (Lipinski definition) is 1. The second-order valence-electron chi connectivity index (χ2n) is 8.53. The summed E-state index contributed by atoms with van der Waals surface area (Å²) in [5.41, 5.74) is 4.82. The van der Waals surface area contributed by atoms with E-state index in [0.29, 0.717) is 16.5 Å². The van der Waals surface area contributed by atoms with Crippen molar-refractivity contribution in [2.24, 2.45) is 16.1 Å². The molecule has 1 heterocycles. The Balaban J connectivity index is 0.000000335. The van der Waals surface area contributed by atoms with Crippen molar-refractivity contribution in [1.82, 2.24) is 5.32 Å². The van der Waals surface area contributed by atoms with Crippen molar-refractivity contribution < 1.29 is 4.79 Å². The van der Waals surface area contributed by atoms with Crippen molar-refractivity contribution in [3.63, 3.8) is 0 Å². The lowest BCUT2D eigenvalue weighted by Gasteiger charge is -2.24. The van der Waals surface area contributed by atoms with Crippen molar-refractivity contribution in [3.8, 4) is 11.1 Å². The minimum Gasteiger partial charge on any atom is -0.347 e. The fraction of sp³-hybridized carbons (Fsp3) is 0.400. The quantitative estimate of drug-likeness (QED) is 0.568. The smallest absolute Gasteiger partial charge is 0.251 e. The van der Waals surface area contributed by atoms with E-state index in [1.165, 1.54) is 5.71 Å². The SMILES string of the molecule is CC(C)C1=NN=CC1.CCC(C)(C)NC(=O)c1cc(C)cc(-c2ccc(Cl)cc2)c1. The van der Waals surface area contributed by atoms with Crippen LogP contribution in [0.2, 0.25) is 5.02 Å². The van der Waals surface area contributed by atoms with Crippen molar-refractivity contribution in [2.45, 2.75) is 59.9 Å². The first-order valence-electron chi connectivity index (χ1n) is 10.4. The van der Waals surface area contributed by atoms with Gasteiger partial charge in [0.05, 0.1) is 0 Å². The van der Waals surface area contributed by atoms with Crippen LogP contribution in [-0.4, -0.2) is 23.4 Å². The fourth-order valence-electron chi connectivity index (χ4n) is 2.83. The largest absolute Gasteiger partial charge is 0.347 e. The summed E-state index contributed by atoms with van der Waals surface area (Å²) in [6.45, 7) is 12.4. The van der Waals surface area contributed by atoms with E-state index >= 15 is 0 Å². The topological polar surface area (TPSA) is 53.8 Å². The van der Waals surface area contributed by atoms with Gasteiger partial charge >= 0.3 is 0 Å². The number of aryl methyl sites for hydroxylation is 1. The molecule has 0 fully saturated rings. The maximum absolute atomic E-state index is 12.5. The second-order valence-corrected chi connectivity index (χ2v) is 8.97. The fourth-order valence-corrected chi connectivity index (χ4v) is 2.96. The maximum atomic E-state index is 12.5. The Labute approximate surface area is 185 Å². The first kappa shape index (κ1) is 23.8. The van der Waals surface area contributed by atoms with E-state index in [-0.39, 0.29) is 11.4 Å². The summed E-state index contributed by atoms with van der Waals surface area (Å²) in [5.74, 6) is 0.531. The zero-order valence-electron chi connectivity index (χ0n) is 18.8. The minimum atomic E-state index is -0.207. The van der Waals surface area contributed by atoms with Gasteiger partial charge < -0.3 is 5.32 Å². The van der Waals surface area contributed by atoms with Gasteiger partial charge in [-0.1, -0.05) is 50.6 Å². The highest BCUT2D eigenvalue weighted by Gasteiger charge is 2.19. The number of nitrogens with one attached hydrogen (secondary N) is 1. The predicted molar refractivity (Wildman–Crippen MR) is 129 cm³/mol. The highest BCUT2D eigenvalue weighted by atomic mass is 35.5. The van der Waals surface area contributed by atoms with Crippen LogP contribution in [0.25, 0.3) is 11.1 Å². The first-order chi connectivity index (χ1) is 14.1. The monoisotopic (exact) mass is 425 g/mol. The molecule has 0 bridgehead atoms. The molecule has 0 unspecified atom stereocenters. The molecule has 160 valence electrons. The molecule has 1 N–H and O–H groups in total. The summed E-state index contributed by atoms with van der Waals surface area (Å²) in [7, 11) is 0. The average molecular weight is 426 g/mol. The minimum absolute atomic E-state index is 0.0363.